The number of amides is 1. The van der Waals surface area contributed by atoms with Gasteiger partial charge in [-0.25, -0.2) is 0 Å². The zero-order valence-electron chi connectivity index (χ0n) is 16.2. The summed E-state index contributed by atoms with van der Waals surface area (Å²) < 4.78 is 1.95. The van der Waals surface area contributed by atoms with Crippen LogP contribution in [-0.4, -0.2) is 26.4 Å². The Kier molecular flexibility index (Phi) is 6.52. The van der Waals surface area contributed by atoms with E-state index in [0.717, 1.165) is 28.5 Å². The van der Waals surface area contributed by atoms with E-state index in [1.807, 2.05) is 70.6 Å². The lowest BCUT2D eigenvalue weighted by atomic mass is 10.1. The second-order valence-electron chi connectivity index (χ2n) is 6.48. The van der Waals surface area contributed by atoms with Crippen LogP contribution in [0.5, 0.6) is 0 Å². The molecule has 0 saturated heterocycles. The van der Waals surface area contributed by atoms with Crippen LogP contribution in [0.4, 0.5) is 5.69 Å². The van der Waals surface area contributed by atoms with Crippen LogP contribution in [0.15, 0.2) is 71.2 Å². The number of carbonyl (C=O) groups is 1. The number of aryl methyl sites for hydroxylation is 1. The zero-order valence-corrected chi connectivity index (χ0v) is 18.6. The summed E-state index contributed by atoms with van der Waals surface area (Å²) in [5.41, 5.74) is 2.92. The van der Waals surface area contributed by atoms with E-state index < -0.39 is 0 Å². The van der Waals surface area contributed by atoms with Crippen molar-refractivity contribution in [3.63, 3.8) is 0 Å². The van der Waals surface area contributed by atoms with Crippen molar-refractivity contribution in [1.82, 2.24) is 14.8 Å². The van der Waals surface area contributed by atoms with E-state index in [1.165, 1.54) is 17.3 Å². The second-order valence-corrected chi connectivity index (χ2v) is 8.81. The molecule has 5 nitrogen and oxygen atoms in total. The van der Waals surface area contributed by atoms with Gasteiger partial charge in [-0.2, -0.15) is 0 Å². The van der Waals surface area contributed by atoms with Gasteiger partial charge in [0.2, 0.25) is 5.91 Å². The van der Waals surface area contributed by atoms with Crippen LogP contribution >= 0.6 is 34.7 Å². The number of thioether (sulfide) groups is 1. The molecular formula is C22H19ClN4OS2. The number of thiophene rings is 1. The molecule has 0 spiro atoms. The average Bonchev–Trinajstić information content (AvgIpc) is 3.43. The summed E-state index contributed by atoms with van der Waals surface area (Å²) in [6, 6.07) is 19.4. The van der Waals surface area contributed by atoms with Crippen molar-refractivity contribution in [3.05, 3.63) is 76.6 Å². The maximum Gasteiger partial charge on any atom is 0.234 e. The lowest BCUT2D eigenvalue weighted by Gasteiger charge is -2.10. The third-order valence-electron chi connectivity index (χ3n) is 4.44. The maximum atomic E-state index is 12.5. The molecule has 0 radical (unpaired) electrons. The molecule has 4 aromatic rings. The molecule has 2 aromatic carbocycles. The molecule has 0 fully saturated rings. The first-order valence-electron chi connectivity index (χ1n) is 9.41. The number of aromatic nitrogens is 3. The van der Waals surface area contributed by atoms with Crippen LogP contribution in [0.2, 0.25) is 5.02 Å². The Balaban J connectivity index is 1.53. The smallest absolute Gasteiger partial charge is 0.234 e. The van der Waals surface area contributed by atoms with E-state index in [1.54, 1.807) is 11.3 Å². The number of nitrogens with zero attached hydrogens (tertiary/aromatic N) is 3. The van der Waals surface area contributed by atoms with Crippen molar-refractivity contribution >= 4 is 46.3 Å². The minimum atomic E-state index is -0.0902. The third-order valence-corrected chi connectivity index (χ3v) is 6.48. The Morgan fingerprint density at radius 2 is 1.87 bits per heavy atom. The fraction of sp³-hybridized carbons (Fsp3) is 0.136. The van der Waals surface area contributed by atoms with E-state index in [-0.39, 0.29) is 11.7 Å². The first-order valence-corrected chi connectivity index (χ1v) is 11.6. The highest BCUT2D eigenvalue weighted by Gasteiger charge is 2.18. The van der Waals surface area contributed by atoms with E-state index in [9.17, 15) is 4.79 Å². The summed E-state index contributed by atoms with van der Waals surface area (Å²) in [5.74, 6) is 0.879. The Labute approximate surface area is 188 Å². The number of nitrogens with one attached hydrogen (secondary N) is 1. The van der Waals surface area contributed by atoms with Crippen molar-refractivity contribution in [1.29, 1.82) is 0 Å². The topological polar surface area (TPSA) is 59.8 Å². The molecule has 2 aromatic heterocycles. The molecule has 2 heterocycles. The lowest BCUT2D eigenvalue weighted by Crippen LogP contribution is -2.14. The minimum Gasteiger partial charge on any atom is -0.325 e. The minimum absolute atomic E-state index is 0.0902. The summed E-state index contributed by atoms with van der Waals surface area (Å²) in [4.78, 5) is 13.5. The van der Waals surface area contributed by atoms with Gasteiger partial charge in [0.15, 0.2) is 11.0 Å². The Hall–Kier alpha value is -2.61. The highest BCUT2D eigenvalue weighted by molar-refractivity contribution is 7.99. The van der Waals surface area contributed by atoms with E-state index in [4.69, 9.17) is 11.6 Å². The second kappa shape index (κ2) is 9.47. The van der Waals surface area contributed by atoms with Gasteiger partial charge in [-0.15, -0.1) is 21.5 Å². The zero-order chi connectivity index (χ0) is 20.9. The molecule has 30 heavy (non-hydrogen) atoms. The van der Waals surface area contributed by atoms with E-state index >= 15 is 0 Å². The van der Waals surface area contributed by atoms with Crippen LogP contribution in [0, 0.1) is 0 Å². The number of benzene rings is 2. The standard InChI is InChI=1S/C22H19ClN4OS2/c1-2-15-5-9-17(10-6-15)24-20(28)14-30-22-26-25-21(19-4-3-13-29-19)27(22)18-11-7-16(23)8-12-18/h3-13H,2,14H2,1H3,(H,24,28). The summed E-state index contributed by atoms with van der Waals surface area (Å²) in [5, 5.41) is 15.0. The Bertz CT molecular complexity index is 1120. The predicted octanol–water partition coefficient (Wildman–Crippen LogP) is 5.94. The van der Waals surface area contributed by atoms with Crippen LogP contribution in [-0.2, 0) is 11.2 Å². The highest BCUT2D eigenvalue weighted by atomic mass is 35.5. The van der Waals surface area contributed by atoms with Crippen molar-refractivity contribution in [2.45, 2.75) is 18.5 Å². The first-order chi connectivity index (χ1) is 14.6. The quantitative estimate of drug-likeness (QED) is 0.351. The summed E-state index contributed by atoms with van der Waals surface area (Å²) in [6.07, 6.45) is 0.969. The van der Waals surface area contributed by atoms with Gasteiger partial charge in [-0.05, 0) is 59.8 Å². The number of hydrogen-bond acceptors (Lipinski definition) is 5. The van der Waals surface area contributed by atoms with Gasteiger partial charge in [0.25, 0.3) is 0 Å². The van der Waals surface area contributed by atoms with Crippen molar-refractivity contribution < 1.29 is 4.79 Å². The lowest BCUT2D eigenvalue weighted by molar-refractivity contribution is -0.113. The number of anilines is 1. The van der Waals surface area contributed by atoms with Gasteiger partial charge in [0, 0.05) is 16.4 Å². The van der Waals surface area contributed by atoms with Gasteiger partial charge in [0.1, 0.15) is 0 Å². The van der Waals surface area contributed by atoms with Gasteiger partial charge in [-0.3, -0.25) is 9.36 Å². The first kappa shape index (κ1) is 20.7. The molecule has 152 valence electrons. The summed E-state index contributed by atoms with van der Waals surface area (Å²) >= 11 is 8.99. The molecular weight excluding hydrogens is 436 g/mol. The van der Waals surface area contributed by atoms with Gasteiger partial charge in [0.05, 0.1) is 10.6 Å². The molecule has 0 unspecified atom stereocenters. The molecule has 8 heteroatoms. The van der Waals surface area contributed by atoms with E-state index in [2.05, 4.69) is 22.4 Å². The molecule has 0 atom stereocenters. The van der Waals surface area contributed by atoms with Crippen LogP contribution < -0.4 is 5.32 Å². The number of rotatable bonds is 7. The molecule has 0 aliphatic carbocycles. The molecule has 0 bridgehead atoms. The summed E-state index contributed by atoms with van der Waals surface area (Å²) in [6.45, 7) is 2.10. The highest BCUT2D eigenvalue weighted by Crippen LogP contribution is 2.31. The van der Waals surface area contributed by atoms with Crippen molar-refractivity contribution in [3.8, 4) is 16.4 Å². The van der Waals surface area contributed by atoms with Crippen molar-refractivity contribution in [2.75, 3.05) is 11.1 Å². The fourth-order valence-electron chi connectivity index (χ4n) is 2.90. The molecule has 0 aliphatic rings. The Morgan fingerprint density at radius 3 is 2.53 bits per heavy atom. The molecule has 0 saturated carbocycles. The average molecular weight is 455 g/mol. The number of carbonyl (C=O) groups excluding carboxylic acids is 1. The number of halogens is 1. The van der Waals surface area contributed by atoms with Crippen molar-refractivity contribution in [2.24, 2.45) is 0 Å². The predicted molar refractivity (Wildman–Crippen MR) is 125 cm³/mol. The summed E-state index contributed by atoms with van der Waals surface area (Å²) in [7, 11) is 0. The Morgan fingerprint density at radius 1 is 1.10 bits per heavy atom. The number of hydrogen-bond donors (Lipinski definition) is 1. The normalized spacial score (nSPS) is 10.9. The van der Waals surface area contributed by atoms with Crippen LogP contribution in [0.1, 0.15) is 12.5 Å². The largest absolute Gasteiger partial charge is 0.325 e. The SMILES string of the molecule is CCc1ccc(NC(=O)CSc2nnc(-c3cccs3)n2-c2ccc(Cl)cc2)cc1. The molecule has 0 aliphatic heterocycles. The van der Waals surface area contributed by atoms with E-state index in [0.29, 0.717) is 10.2 Å². The molecule has 1 amide bonds. The van der Waals surface area contributed by atoms with Crippen LogP contribution in [0.3, 0.4) is 0 Å². The fourth-order valence-corrected chi connectivity index (χ4v) is 4.48. The molecule has 4 rings (SSSR count). The van der Waals surface area contributed by atoms with Gasteiger partial charge >= 0.3 is 0 Å². The monoisotopic (exact) mass is 454 g/mol. The third kappa shape index (κ3) is 4.75. The molecule has 1 N–H and O–H groups in total. The van der Waals surface area contributed by atoms with Crippen LogP contribution in [0.25, 0.3) is 16.4 Å². The maximum absolute atomic E-state index is 12.5. The van der Waals surface area contributed by atoms with Gasteiger partial charge < -0.3 is 5.32 Å². The van der Waals surface area contributed by atoms with Gasteiger partial charge in [-0.1, -0.05) is 48.5 Å².